The van der Waals surface area contributed by atoms with Crippen LogP contribution >= 0.6 is 0 Å². The summed E-state index contributed by atoms with van der Waals surface area (Å²) in [5, 5.41) is 0. The Morgan fingerprint density at radius 3 is 2.52 bits per heavy atom. The van der Waals surface area contributed by atoms with E-state index in [9.17, 15) is 0 Å². The monoisotopic (exact) mass is 284 g/mol. The molecule has 2 aromatic rings. The third-order valence-corrected chi connectivity index (χ3v) is 3.63. The van der Waals surface area contributed by atoms with Crippen LogP contribution in [0, 0.1) is 6.92 Å². The van der Waals surface area contributed by atoms with Gasteiger partial charge in [-0.05, 0) is 31.5 Å². The Hall–Kier alpha value is -2.00. The zero-order chi connectivity index (χ0) is 15.4. The second-order valence-corrected chi connectivity index (χ2v) is 5.53. The van der Waals surface area contributed by atoms with E-state index in [0.29, 0.717) is 0 Å². The van der Waals surface area contributed by atoms with E-state index in [1.165, 1.54) is 11.1 Å². The number of hydrogen-bond acceptors (Lipinski definition) is 3. The number of ether oxygens (including phenoxy) is 1. The van der Waals surface area contributed by atoms with Gasteiger partial charge in [0.1, 0.15) is 5.75 Å². The molecule has 0 aliphatic carbocycles. The van der Waals surface area contributed by atoms with Gasteiger partial charge in [0, 0.05) is 30.9 Å². The van der Waals surface area contributed by atoms with Crippen molar-refractivity contribution in [1.29, 1.82) is 0 Å². The van der Waals surface area contributed by atoms with Gasteiger partial charge in [-0.1, -0.05) is 35.9 Å². The van der Waals surface area contributed by atoms with Gasteiger partial charge in [-0.3, -0.25) is 0 Å². The van der Waals surface area contributed by atoms with Crippen molar-refractivity contribution in [1.82, 2.24) is 0 Å². The highest BCUT2D eigenvalue weighted by molar-refractivity contribution is 5.60. The van der Waals surface area contributed by atoms with Crippen LogP contribution in [0.2, 0.25) is 0 Å². The number of nitrogens with zero attached hydrogens (tertiary/aromatic N) is 1. The number of rotatable bonds is 5. The molecule has 0 saturated heterocycles. The lowest BCUT2D eigenvalue weighted by molar-refractivity contribution is 0.407. The average molecular weight is 284 g/mol. The number of hydrogen-bond donors (Lipinski definition) is 1. The molecular weight excluding hydrogens is 260 g/mol. The van der Waals surface area contributed by atoms with Gasteiger partial charge in [0.2, 0.25) is 0 Å². The Morgan fingerprint density at radius 1 is 1.19 bits per heavy atom. The van der Waals surface area contributed by atoms with Crippen LogP contribution in [0.5, 0.6) is 5.75 Å². The fourth-order valence-corrected chi connectivity index (χ4v) is 2.67. The van der Waals surface area contributed by atoms with E-state index in [4.69, 9.17) is 10.5 Å². The van der Waals surface area contributed by atoms with Crippen LogP contribution in [0.25, 0.3) is 0 Å². The summed E-state index contributed by atoms with van der Waals surface area (Å²) in [5.41, 5.74) is 10.9. The molecule has 1 atom stereocenters. The predicted octanol–water partition coefficient (Wildman–Crippen LogP) is 3.66. The first kappa shape index (κ1) is 15.4. The van der Waals surface area contributed by atoms with E-state index in [0.717, 1.165) is 23.5 Å². The molecule has 0 radical (unpaired) electrons. The number of benzene rings is 2. The number of nitrogens with two attached hydrogens (primary N) is 1. The highest BCUT2D eigenvalue weighted by Gasteiger charge is 2.16. The van der Waals surface area contributed by atoms with Crippen molar-refractivity contribution in [3.8, 4) is 5.75 Å². The van der Waals surface area contributed by atoms with Crippen molar-refractivity contribution >= 4 is 5.69 Å². The van der Waals surface area contributed by atoms with Crippen molar-refractivity contribution in [2.45, 2.75) is 26.4 Å². The standard InChI is InChI=1S/C18H24N2O/c1-13-7-5-8-15(11-13)12-20(3)16-9-6-10-17(21-4)18(16)14(2)19/h5-11,14H,12,19H2,1-4H3/t14-/m0/s1. The van der Waals surface area contributed by atoms with Gasteiger partial charge in [-0.2, -0.15) is 0 Å². The first-order chi connectivity index (χ1) is 10.0. The molecule has 2 N–H and O–H groups in total. The lowest BCUT2D eigenvalue weighted by Gasteiger charge is -2.25. The zero-order valence-corrected chi connectivity index (χ0v) is 13.3. The normalized spacial score (nSPS) is 12.0. The van der Waals surface area contributed by atoms with Crippen molar-refractivity contribution in [3.05, 3.63) is 59.2 Å². The average Bonchev–Trinajstić information content (AvgIpc) is 2.46. The van der Waals surface area contributed by atoms with Crippen LogP contribution in [0.3, 0.4) is 0 Å². The quantitative estimate of drug-likeness (QED) is 0.910. The van der Waals surface area contributed by atoms with Gasteiger partial charge in [0.25, 0.3) is 0 Å². The molecule has 3 heteroatoms. The van der Waals surface area contributed by atoms with E-state index < -0.39 is 0 Å². The zero-order valence-electron chi connectivity index (χ0n) is 13.3. The Labute approximate surface area is 127 Å². The molecule has 21 heavy (non-hydrogen) atoms. The molecule has 2 rings (SSSR count). The molecule has 0 saturated carbocycles. The Balaban J connectivity index is 2.32. The van der Waals surface area contributed by atoms with Crippen LogP contribution in [-0.2, 0) is 6.54 Å². The summed E-state index contributed by atoms with van der Waals surface area (Å²) in [4.78, 5) is 2.22. The number of methoxy groups -OCH3 is 1. The minimum absolute atomic E-state index is 0.0730. The number of aryl methyl sites for hydroxylation is 1. The molecule has 2 aromatic carbocycles. The molecule has 0 bridgehead atoms. The van der Waals surface area contributed by atoms with Gasteiger partial charge >= 0.3 is 0 Å². The van der Waals surface area contributed by atoms with Gasteiger partial charge in [-0.15, -0.1) is 0 Å². The maximum absolute atomic E-state index is 6.14. The van der Waals surface area contributed by atoms with Crippen molar-refractivity contribution in [2.24, 2.45) is 5.73 Å². The largest absolute Gasteiger partial charge is 0.496 e. The fourth-order valence-electron chi connectivity index (χ4n) is 2.67. The van der Waals surface area contributed by atoms with E-state index in [1.807, 2.05) is 19.1 Å². The van der Waals surface area contributed by atoms with Gasteiger partial charge < -0.3 is 15.4 Å². The van der Waals surface area contributed by atoms with Crippen LogP contribution in [0.4, 0.5) is 5.69 Å². The minimum atomic E-state index is -0.0730. The molecule has 112 valence electrons. The molecule has 0 unspecified atom stereocenters. The van der Waals surface area contributed by atoms with Crippen LogP contribution in [0.15, 0.2) is 42.5 Å². The van der Waals surface area contributed by atoms with Gasteiger partial charge in [0.15, 0.2) is 0 Å². The Bertz CT molecular complexity index is 608. The van der Waals surface area contributed by atoms with E-state index in [-0.39, 0.29) is 6.04 Å². The molecule has 0 aromatic heterocycles. The molecule has 0 aliphatic heterocycles. The lowest BCUT2D eigenvalue weighted by Crippen LogP contribution is -2.20. The third-order valence-electron chi connectivity index (χ3n) is 3.63. The molecule has 0 fully saturated rings. The molecule has 0 heterocycles. The van der Waals surface area contributed by atoms with Crippen LogP contribution in [-0.4, -0.2) is 14.2 Å². The van der Waals surface area contributed by atoms with Crippen LogP contribution in [0.1, 0.15) is 29.7 Å². The van der Waals surface area contributed by atoms with E-state index >= 15 is 0 Å². The maximum atomic E-state index is 6.14. The summed E-state index contributed by atoms with van der Waals surface area (Å²) in [6.45, 7) is 4.94. The molecule has 0 amide bonds. The van der Waals surface area contributed by atoms with Crippen molar-refractivity contribution in [2.75, 3.05) is 19.1 Å². The third kappa shape index (κ3) is 3.56. The predicted molar refractivity (Wildman–Crippen MR) is 88.9 cm³/mol. The first-order valence-electron chi connectivity index (χ1n) is 7.22. The van der Waals surface area contributed by atoms with E-state index in [1.54, 1.807) is 7.11 Å². The highest BCUT2D eigenvalue weighted by Crippen LogP contribution is 2.33. The second kappa shape index (κ2) is 6.64. The summed E-state index contributed by atoms with van der Waals surface area (Å²) in [6.07, 6.45) is 0. The minimum Gasteiger partial charge on any atom is -0.496 e. The van der Waals surface area contributed by atoms with Crippen molar-refractivity contribution < 1.29 is 4.74 Å². The summed E-state index contributed by atoms with van der Waals surface area (Å²) in [6, 6.07) is 14.6. The SMILES string of the molecule is COc1cccc(N(C)Cc2cccc(C)c2)c1[C@H](C)N. The highest BCUT2D eigenvalue weighted by atomic mass is 16.5. The number of anilines is 1. The fraction of sp³-hybridized carbons (Fsp3) is 0.333. The van der Waals surface area contributed by atoms with E-state index in [2.05, 4.69) is 49.2 Å². The second-order valence-electron chi connectivity index (χ2n) is 5.53. The van der Waals surface area contributed by atoms with Gasteiger partial charge in [-0.25, -0.2) is 0 Å². The topological polar surface area (TPSA) is 38.5 Å². The van der Waals surface area contributed by atoms with Gasteiger partial charge in [0.05, 0.1) is 7.11 Å². The molecular formula is C18H24N2O. The Morgan fingerprint density at radius 2 is 1.90 bits per heavy atom. The summed E-state index contributed by atoms with van der Waals surface area (Å²) in [5.74, 6) is 0.846. The Kier molecular flexibility index (Phi) is 4.86. The maximum Gasteiger partial charge on any atom is 0.125 e. The summed E-state index contributed by atoms with van der Waals surface area (Å²) < 4.78 is 5.46. The summed E-state index contributed by atoms with van der Waals surface area (Å²) in [7, 11) is 3.77. The molecule has 0 aliphatic rings. The van der Waals surface area contributed by atoms with Crippen LogP contribution < -0.4 is 15.4 Å². The molecule has 0 spiro atoms. The molecule has 3 nitrogen and oxygen atoms in total. The smallest absolute Gasteiger partial charge is 0.125 e. The lowest BCUT2D eigenvalue weighted by atomic mass is 10.0. The summed E-state index contributed by atoms with van der Waals surface area (Å²) >= 11 is 0. The van der Waals surface area contributed by atoms with Crippen molar-refractivity contribution in [3.63, 3.8) is 0 Å². The first-order valence-corrected chi connectivity index (χ1v) is 7.22.